The van der Waals surface area contributed by atoms with Gasteiger partial charge < -0.3 is 15.2 Å². The van der Waals surface area contributed by atoms with Gasteiger partial charge in [-0.2, -0.15) is 5.10 Å². The lowest BCUT2D eigenvalue weighted by molar-refractivity contribution is 0.252. The lowest BCUT2D eigenvalue weighted by Gasteiger charge is -2.06. The minimum Gasteiger partial charge on any atom is -0.504 e. The molecule has 2 amide bonds. The lowest BCUT2D eigenvalue weighted by atomic mass is 10.2. The van der Waals surface area contributed by atoms with Gasteiger partial charge in [0.15, 0.2) is 11.5 Å². The zero-order valence-corrected chi connectivity index (χ0v) is 13.9. The number of aromatic hydroxyl groups is 1. The van der Waals surface area contributed by atoms with Crippen molar-refractivity contribution < 1.29 is 14.6 Å². The van der Waals surface area contributed by atoms with Crippen molar-refractivity contribution in [1.29, 1.82) is 0 Å². The summed E-state index contributed by atoms with van der Waals surface area (Å²) < 4.78 is 5.69. The minimum atomic E-state index is -0.442. The largest absolute Gasteiger partial charge is 0.504 e. The van der Waals surface area contributed by atoms with Crippen LogP contribution in [-0.4, -0.2) is 24.5 Å². The van der Waals surface area contributed by atoms with E-state index in [9.17, 15) is 9.90 Å². The van der Waals surface area contributed by atoms with Crippen LogP contribution >= 0.6 is 22.6 Å². The summed E-state index contributed by atoms with van der Waals surface area (Å²) in [7, 11) is 1.47. The van der Waals surface area contributed by atoms with Gasteiger partial charge in [0, 0.05) is 5.69 Å². The van der Waals surface area contributed by atoms with E-state index in [0.717, 1.165) is 0 Å². The molecule has 6 nitrogen and oxygen atoms in total. The van der Waals surface area contributed by atoms with Crippen molar-refractivity contribution in [2.45, 2.75) is 0 Å². The molecule has 2 aromatic rings. The quantitative estimate of drug-likeness (QED) is 0.411. The highest BCUT2D eigenvalue weighted by Gasteiger charge is 2.07. The first-order valence-electron chi connectivity index (χ1n) is 6.31. The fraction of sp³-hybridized carbons (Fsp3) is 0.0667. The molecule has 22 heavy (non-hydrogen) atoms. The Morgan fingerprint density at radius 2 is 2.05 bits per heavy atom. The van der Waals surface area contributed by atoms with Gasteiger partial charge in [0.05, 0.1) is 16.9 Å². The smallest absolute Gasteiger partial charge is 0.339 e. The molecule has 0 bridgehead atoms. The van der Waals surface area contributed by atoms with Crippen LogP contribution < -0.4 is 15.5 Å². The molecule has 0 aromatic heterocycles. The van der Waals surface area contributed by atoms with Gasteiger partial charge in [-0.15, -0.1) is 0 Å². The standard InChI is InChI=1S/C15H14IN3O3/c1-22-13-8-10(7-12(16)14(13)20)9-17-19-15(21)18-11-5-3-2-4-6-11/h2-9,20H,1H3,(H2,18,19,21)/b17-9-. The van der Waals surface area contributed by atoms with Gasteiger partial charge in [0.25, 0.3) is 0 Å². The third-order valence-corrected chi connectivity index (χ3v) is 3.50. The van der Waals surface area contributed by atoms with Crippen LogP contribution in [0.3, 0.4) is 0 Å². The predicted octanol–water partition coefficient (Wildman–Crippen LogP) is 3.16. The molecule has 0 heterocycles. The molecule has 2 aromatic carbocycles. The second-order valence-corrected chi connectivity index (χ2v) is 5.41. The average molecular weight is 411 g/mol. The highest BCUT2D eigenvalue weighted by atomic mass is 127. The number of hydrazone groups is 1. The van der Waals surface area contributed by atoms with Gasteiger partial charge in [0.2, 0.25) is 0 Å². The van der Waals surface area contributed by atoms with Crippen molar-refractivity contribution in [3.05, 3.63) is 51.6 Å². The fourth-order valence-corrected chi connectivity index (χ4v) is 2.30. The van der Waals surface area contributed by atoms with E-state index in [-0.39, 0.29) is 5.75 Å². The predicted molar refractivity (Wildman–Crippen MR) is 93.6 cm³/mol. The molecule has 0 aliphatic carbocycles. The number of hydrogen-bond acceptors (Lipinski definition) is 4. The van der Waals surface area contributed by atoms with Gasteiger partial charge in [-0.25, -0.2) is 10.2 Å². The molecular weight excluding hydrogens is 397 g/mol. The van der Waals surface area contributed by atoms with Crippen LogP contribution in [-0.2, 0) is 0 Å². The van der Waals surface area contributed by atoms with Gasteiger partial charge in [-0.1, -0.05) is 18.2 Å². The van der Waals surface area contributed by atoms with E-state index in [0.29, 0.717) is 20.6 Å². The molecule has 0 saturated heterocycles. The van der Waals surface area contributed by atoms with E-state index in [4.69, 9.17) is 4.74 Å². The number of rotatable bonds is 4. The van der Waals surface area contributed by atoms with E-state index in [1.807, 2.05) is 40.8 Å². The molecule has 0 atom stereocenters. The SMILES string of the molecule is COc1cc(/C=N\NC(=O)Nc2ccccc2)cc(I)c1O. The first kappa shape index (κ1) is 16.1. The number of methoxy groups -OCH3 is 1. The molecule has 0 radical (unpaired) electrons. The van der Waals surface area contributed by atoms with Crippen LogP contribution in [0.4, 0.5) is 10.5 Å². The highest BCUT2D eigenvalue weighted by Crippen LogP contribution is 2.31. The number of para-hydroxylation sites is 1. The average Bonchev–Trinajstić information content (AvgIpc) is 2.51. The van der Waals surface area contributed by atoms with Crippen LogP contribution in [0.2, 0.25) is 0 Å². The van der Waals surface area contributed by atoms with Crippen molar-refractivity contribution in [2.75, 3.05) is 12.4 Å². The topological polar surface area (TPSA) is 83.0 Å². The molecule has 0 aliphatic heterocycles. The maximum atomic E-state index is 11.6. The van der Waals surface area contributed by atoms with Crippen LogP contribution in [0, 0.1) is 3.57 Å². The summed E-state index contributed by atoms with van der Waals surface area (Å²) in [5.41, 5.74) is 3.74. The number of urea groups is 1. The van der Waals surface area contributed by atoms with Crippen molar-refractivity contribution in [1.82, 2.24) is 5.43 Å². The summed E-state index contributed by atoms with van der Waals surface area (Å²) in [6.07, 6.45) is 1.47. The van der Waals surface area contributed by atoms with Gasteiger partial charge >= 0.3 is 6.03 Å². The number of phenolic OH excluding ortho intramolecular Hbond substituents is 1. The molecule has 0 fully saturated rings. The van der Waals surface area contributed by atoms with Crippen molar-refractivity contribution in [2.24, 2.45) is 5.10 Å². The number of ether oxygens (including phenoxy) is 1. The van der Waals surface area contributed by atoms with Gasteiger partial charge in [-0.3, -0.25) is 0 Å². The first-order chi connectivity index (χ1) is 10.6. The second-order valence-electron chi connectivity index (χ2n) is 4.24. The first-order valence-corrected chi connectivity index (χ1v) is 7.39. The van der Waals surface area contributed by atoms with Crippen LogP contribution in [0.5, 0.6) is 11.5 Å². The molecule has 0 aliphatic rings. The van der Waals surface area contributed by atoms with Crippen LogP contribution in [0.1, 0.15) is 5.56 Å². The Bertz CT molecular complexity index is 690. The lowest BCUT2D eigenvalue weighted by Crippen LogP contribution is -2.24. The Labute approximate surface area is 141 Å². The Morgan fingerprint density at radius 1 is 1.32 bits per heavy atom. The van der Waals surface area contributed by atoms with E-state index in [2.05, 4.69) is 15.8 Å². The highest BCUT2D eigenvalue weighted by molar-refractivity contribution is 14.1. The number of nitrogens with one attached hydrogen (secondary N) is 2. The van der Waals surface area contributed by atoms with E-state index < -0.39 is 6.03 Å². The molecule has 0 spiro atoms. The summed E-state index contributed by atoms with van der Waals surface area (Å²) in [5, 5.41) is 16.2. The fourth-order valence-electron chi connectivity index (χ4n) is 1.67. The number of halogens is 1. The number of anilines is 1. The summed E-state index contributed by atoms with van der Waals surface area (Å²) in [4.78, 5) is 11.6. The van der Waals surface area contributed by atoms with E-state index in [1.54, 1.807) is 24.3 Å². The molecule has 2 rings (SSSR count). The molecule has 3 N–H and O–H groups in total. The minimum absolute atomic E-state index is 0.0787. The maximum Gasteiger partial charge on any atom is 0.339 e. The summed E-state index contributed by atoms with van der Waals surface area (Å²) in [5.74, 6) is 0.428. The number of carbonyl (C=O) groups is 1. The number of benzene rings is 2. The Kier molecular flexibility index (Phi) is 5.59. The Hall–Kier alpha value is -2.29. The zero-order valence-electron chi connectivity index (χ0n) is 11.7. The van der Waals surface area contributed by atoms with Crippen molar-refractivity contribution in [3.8, 4) is 11.5 Å². The van der Waals surface area contributed by atoms with Crippen molar-refractivity contribution in [3.63, 3.8) is 0 Å². The molecular formula is C15H14IN3O3. The van der Waals surface area contributed by atoms with E-state index >= 15 is 0 Å². The normalized spacial score (nSPS) is 10.5. The Balaban J connectivity index is 1.98. The molecule has 114 valence electrons. The summed E-state index contributed by atoms with van der Waals surface area (Å²) >= 11 is 1.99. The number of amides is 2. The molecule has 0 saturated carbocycles. The molecule has 0 unspecified atom stereocenters. The summed E-state index contributed by atoms with van der Waals surface area (Å²) in [6, 6.07) is 12.0. The van der Waals surface area contributed by atoms with Crippen LogP contribution in [0.25, 0.3) is 0 Å². The van der Waals surface area contributed by atoms with Gasteiger partial charge in [0.1, 0.15) is 0 Å². The molecule has 7 heteroatoms. The van der Waals surface area contributed by atoms with Crippen LogP contribution in [0.15, 0.2) is 47.6 Å². The zero-order chi connectivity index (χ0) is 15.9. The van der Waals surface area contributed by atoms with Crippen molar-refractivity contribution >= 4 is 40.5 Å². The monoisotopic (exact) mass is 411 g/mol. The maximum absolute atomic E-state index is 11.6. The number of hydrogen-bond donors (Lipinski definition) is 3. The summed E-state index contributed by atoms with van der Waals surface area (Å²) in [6.45, 7) is 0. The number of phenols is 1. The van der Waals surface area contributed by atoms with E-state index in [1.165, 1.54) is 13.3 Å². The van der Waals surface area contributed by atoms with Gasteiger partial charge in [-0.05, 0) is 52.4 Å². The third kappa shape index (κ3) is 4.35. The number of carbonyl (C=O) groups excluding carboxylic acids is 1. The number of nitrogens with zero attached hydrogens (tertiary/aromatic N) is 1. The Morgan fingerprint density at radius 3 is 2.73 bits per heavy atom. The second kappa shape index (κ2) is 7.64. The third-order valence-electron chi connectivity index (χ3n) is 2.68.